The van der Waals surface area contributed by atoms with Gasteiger partial charge in [0.25, 0.3) is 5.91 Å². The molecule has 2 rings (SSSR count). The summed E-state index contributed by atoms with van der Waals surface area (Å²) in [6.45, 7) is 4.04. The number of ether oxygens (including phenoxy) is 1. The Morgan fingerprint density at radius 2 is 2.16 bits per heavy atom. The Labute approximate surface area is 120 Å². The lowest BCUT2D eigenvalue weighted by Gasteiger charge is -2.23. The van der Waals surface area contributed by atoms with Gasteiger partial charge in [-0.05, 0) is 50.6 Å². The highest BCUT2D eigenvalue weighted by molar-refractivity contribution is 5.85. The summed E-state index contributed by atoms with van der Waals surface area (Å²) >= 11 is 0. The van der Waals surface area contributed by atoms with Crippen molar-refractivity contribution in [3.8, 4) is 5.75 Å². The molecule has 1 heterocycles. The number of halogens is 1. The van der Waals surface area contributed by atoms with Gasteiger partial charge in [-0.25, -0.2) is 0 Å². The average molecular weight is 285 g/mol. The Morgan fingerprint density at radius 1 is 1.42 bits per heavy atom. The van der Waals surface area contributed by atoms with Crippen molar-refractivity contribution in [2.45, 2.75) is 25.8 Å². The van der Waals surface area contributed by atoms with Gasteiger partial charge in [0.1, 0.15) is 5.75 Å². The van der Waals surface area contributed by atoms with Crippen LogP contribution in [0.15, 0.2) is 24.3 Å². The topological polar surface area (TPSA) is 50.4 Å². The van der Waals surface area contributed by atoms with Crippen molar-refractivity contribution < 1.29 is 9.53 Å². The Morgan fingerprint density at radius 3 is 2.84 bits per heavy atom. The molecule has 2 N–H and O–H groups in total. The summed E-state index contributed by atoms with van der Waals surface area (Å²) in [6, 6.07) is 8.01. The van der Waals surface area contributed by atoms with Crippen molar-refractivity contribution in [3.05, 3.63) is 29.8 Å². The largest absolute Gasteiger partial charge is 0.484 e. The molecule has 0 unspecified atom stereocenters. The fourth-order valence-electron chi connectivity index (χ4n) is 2.09. The smallest absolute Gasteiger partial charge is 0.258 e. The first kappa shape index (κ1) is 15.8. The third kappa shape index (κ3) is 5.49. The second-order valence-corrected chi connectivity index (χ2v) is 4.70. The molecule has 4 nitrogen and oxygen atoms in total. The van der Waals surface area contributed by atoms with Crippen LogP contribution in [0.3, 0.4) is 0 Å². The lowest BCUT2D eigenvalue weighted by Crippen LogP contribution is -2.44. The number of amides is 1. The summed E-state index contributed by atoms with van der Waals surface area (Å²) < 4.78 is 5.46. The molecule has 1 amide bonds. The monoisotopic (exact) mass is 284 g/mol. The van der Waals surface area contributed by atoms with Crippen LogP contribution in [0.1, 0.15) is 18.4 Å². The van der Waals surface area contributed by atoms with Crippen molar-refractivity contribution in [3.63, 3.8) is 0 Å². The van der Waals surface area contributed by atoms with Crippen LogP contribution in [0, 0.1) is 6.92 Å². The van der Waals surface area contributed by atoms with Gasteiger partial charge in [0.2, 0.25) is 0 Å². The van der Waals surface area contributed by atoms with E-state index in [2.05, 4.69) is 10.6 Å². The number of hydrogen-bond donors (Lipinski definition) is 2. The van der Waals surface area contributed by atoms with Gasteiger partial charge in [-0.3, -0.25) is 4.79 Å². The summed E-state index contributed by atoms with van der Waals surface area (Å²) in [5.74, 6) is 0.707. The van der Waals surface area contributed by atoms with Gasteiger partial charge in [0, 0.05) is 6.04 Å². The molecule has 0 saturated carbocycles. The van der Waals surface area contributed by atoms with E-state index in [1.807, 2.05) is 31.2 Å². The lowest BCUT2D eigenvalue weighted by molar-refractivity contribution is -0.123. The molecular weight excluding hydrogens is 264 g/mol. The lowest BCUT2D eigenvalue weighted by atomic mass is 10.1. The fraction of sp³-hybridized carbons (Fsp3) is 0.500. The molecule has 1 fully saturated rings. The van der Waals surface area contributed by atoms with E-state index in [0.29, 0.717) is 6.04 Å². The zero-order valence-corrected chi connectivity index (χ0v) is 12.0. The number of nitrogens with one attached hydrogen (secondary N) is 2. The van der Waals surface area contributed by atoms with E-state index in [1.54, 1.807) is 0 Å². The molecule has 0 atom stereocenters. The zero-order valence-electron chi connectivity index (χ0n) is 11.1. The van der Waals surface area contributed by atoms with Crippen LogP contribution in [0.2, 0.25) is 0 Å². The number of rotatable bonds is 4. The van der Waals surface area contributed by atoms with Crippen LogP contribution >= 0.6 is 12.4 Å². The molecule has 1 aromatic carbocycles. The summed E-state index contributed by atoms with van der Waals surface area (Å²) in [5.41, 5.74) is 1.13. The van der Waals surface area contributed by atoms with Gasteiger partial charge < -0.3 is 15.4 Å². The number of carbonyl (C=O) groups is 1. The highest BCUT2D eigenvalue weighted by Crippen LogP contribution is 2.12. The first-order valence-corrected chi connectivity index (χ1v) is 6.43. The molecule has 1 aliphatic rings. The number of hydrogen-bond acceptors (Lipinski definition) is 3. The maximum absolute atomic E-state index is 11.7. The van der Waals surface area contributed by atoms with Crippen molar-refractivity contribution in [1.29, 1.82) is 0 Å². The molecule has 19 heavy (non-hydrogen) atoms. The van der Waals surface area contributed by atoms with Crippen molar-refractivity contribution in [1.82, 2.24) is 10.6 Å². The highest BCUT2D eigenvalue weighted by Gasteiger charge is 2.15. The van der Waals surface area contributed by atoms with E-state index >= 15 is 0 Å². The first-order chi connectivity index (χ1) is 8.74. The van der Waals surface area contributed by atoms with Crippen molar-refractivity contribution in [2.75, 3.05) is 19.7 Å². The average Bonchev–Trinajstić information content (AvgIpc) is 2.38. The van der Waals surface area contributed by atoms with Gasteiger partial charge in [0.05, 0.1) is 0 Å². The summed E-state index contributed by atoms with van der Waals surface area (Å²) in [5, 5.41) is 6.27. The molecule has 0 spiro atoms. The Bertz CT molecular complexity index is 406. The number of carbonyl (C=O) groups excluding carboxylic acids is 1. The van der Waals surface area contributed by atoms with E-state index in [-0.39, 0.29) is 24.9 Å². The van der Waals surface area contributed by atoms with Crippen molar-refractivity contribution >= 4 is 18.3 Å². The molecule has 0 bridgehead atoms. The number of benzene rings is 1. The molecule has 0 aliphatic carbocycles. The van der Waals surface area contributed by atoms with Crippen LogP contribution in [-0.4, -0.2) is 31.6 Å². The molecule has 0 aromatic heterocycles. The van der Waals surface area contributed by atoms with E-state index < -0.39 is 0 Å². The Balaban J connectivity index is 0.00000180. The van der Waals surface area contributed by atoms with Crippen LogP contribution in [0.5, 0.6) is 5.75 Å². The fourth-order valence-corrected chi connectivity index (χ4v) is 2.09. The third-order valence-corrected chi connectivity index (χ3v) is 3.06. The number of piperidine rings is 1. The maximum Gasteiger partial charge on any atom is 0.258 e. The quantitative estimate of drug-likeness (QED) is 0.884. The van der Waals surface area contributed by atoms with Crippen LogP contribution in [-0.2, 0) is 4.79 Å². The molecule has 1 aliphatic heterocycles. The summed E-state index contributed by atoms with van der Waals surface area (Å²) in [7, 11) is 0. The summed E-state index contributed by atoms with van der Waals surface area (Å²) in [4.78, 5) is 11.7. The van der Waals surface area contributed by atoms with Crippen molar-refractivity contribution in [2.24, 2.45) is 0 Å². The van der Waals surface area contributed by atoms with E-state index in [9.17, 15) is 4.79 Å². The minimum Gasteiger partial charge on any atom is -0.484 e. The molecule has 106 valence electrons. The van der Waals surface area contributed by atoms with E-state index in [4.69, 9.17) is 4.74 Å². The van der Waals surface area contributed by atoms with E-state index in [1.165, 1.54) is 0 Å². The highest BCUT2D eigenvalue weighted by atomic mass is 35.5. The Kier molecular flexibility index (Phi) is 6.67. The standard InChI is InChI=1S/C14H20N2O2.ClH/c1-11-3-2-4-13(9-11)18-10-14(17)16-12-5-7-15-8-6-12;/h2-4,9,12,15H,5-8,10H2,1H3,(H,16,17);1H. The zero-order chi connectivity index (χ0) is 12.8. The number of aryl methyl sites for hydroxylation is 1. The maximum atomic E-state index is 11.7. The predicted octanol–water partition coefficient (Wildman–Crippen LogP) is 1.66. The van der Waals surface area contributed by atoms with Gasteiger partial charge in [-0.15, -0.1) is 12.4 Å². The molecule has 5 heteroatoms. The molecular formula is C14H21ClN2O2. The van der Waals surface area contributed by atoms with E-state index in [0.717, 1.165) is 37.2 Å². The second-order valence-electron chi connectivity index (χ2n) is 4.70. The van der Waals surface area contributed by atoms with Crippen LogP contribution in [0.25, 0.3) is 0 Å². The van der Waals surface area contributed by atoms with Gasteiger partial charge in [0.15, 0.2) is 6.61 Å². The van der Waals surface area contributed by atoms with Gasteiger partial charge in [-0.1, -0.05) is 12.1 Å². The third-order valence-electron chi connectivity index (χ3n) is 3.06. The normalized spacial score (nSPS) is 15.4. The van der Waals surface area contributed by atoms with Gasteiger partial charge in [-0.2, -0.15) is 0 Å². The Hall–Kier alpha value is -1.26. The van der Waals surface area contributed by atoms with Crippen LogP contribution in [0.4, 0.5) is 0 Å². The molecule has 1 aromatic rings. The SMILES string of the molecule is Cc1cccc(OCC(=O)NC2CCNCC2)c1.Cl. The first-order valence-electron chi connectivity index (χ1n) is 6.43. The minimum atomic E-state index is -0.0385. The minimum absolute atomic E-state index is 0. The van der Waals surface area contributed by atoms with Gasteiger partial charge >= 0.3 is 0 Å². The summed E-state index contributed by atoms with van der Waals surface area (Å²) in [6.07, 6.45) is 1.99. The van der Waals surface area contributed by atoms with Crippen LogP contribution < -0.4 is 15.4 Å². The predicted molar refractivity (Wildman–Crippen MR) is 78.0 cm³/mol. The molecule has 0 radical (unpaired) electrons. The molecule has 1 saturated heterocycles. The second kappa shape index (κ2) is 8.02.